The Kier molecular flexibility index (Phi) is 4.62. The quantitative estimate of drug-likeness (QED) is 0.806. The average molecular weight is 398 g/mol. The van der Waals surface area contributed by atoms with Gasteiger partial charge in [0.15, 0.2) is 14.6 Å². The summed E-state index contributed by atoms with van der Waals surface area (Å²) in [6.07, 6.45) is -0.273. The van der Waals surface area contributed by atoms with Gasteiger partial charge in [-0.3, -0.25) is 14.9 Å². The first kappa shape index (κ1) is 17.9. The van der Waals surface area contributed by atoms with E-state index >= 15 is 0 Å². The SMILES string of the molecule is O=C1CCC(c2ccc(Cl)c(Cl)c2)(S(=O)(=O)c2ccccc2)C(=O)N1. The summed E-state index contributed by atoms with van der Waals surface area (Å²) in [6, 6.07) is 11.9. The number of carbonyl (C=O) groups is 2. The van der Waals surface area contributed by atoms with Crippen molar-refractivity contribution in [1.82, 2.24) is 5.32 Å². The summed E-state index contributed by atoms with van der Waals surface area (Å²) in [5.41, 5.74) is 0.177. The minimum absolute atomic E-state index is 0.00873. The lowest BCUT2D eigenvalue weighted by molar-refractivity contribution is -0.135. The molecule has 2 aromatic carbocycles. The second-order valence-electron chi connectivity index (χ2n) is 5.65. The van der Waals surface area contributed by atoms with E-state index in [1.54, 1.807) is 18.2 Å². The van der Waals surface area contributed by atoms with Crippen LogP contribution in [0.1, 0.15) is 18.4 Å². The third-order valence-electron chi connectivity index (χ3n) is 4.22. The van der Waals surface area contributed by atoms with Gasteiger partial charge < -0.3 is 0 Å². The standard InChI is InChI=1S/C17H13Cl2NO4S/c18-13-7-6-11(10-14(13)19)17(9-8-15(21)20-16(17)22)25(23,24)12-4-2-1-3-5-12/h1-7,10H,8-9H2,(H,20,21,22). The summed E-state index contributed by atoms with van der Waals surface area (Å²) in [6.45, 7) is 0. The van der Waals surface area contributed by atoms with Gasteiger partial charge in [0.2, 0.25) is 5.91 Å². The minimum atomic E-state index is -4.14. The summed E-state index contributed by atoms with van der Waals surface area (Å²) in [5, 5.41) is 2.52. The smallest absolute Gasteiger partial charge is 0.252 e. The van der Waals surface area contributed by atoms with Gasteiger partial charge in [0, 0.05) is 6.42 Å². The lowest BCUT2D eigenvalue weighted by Gasteiger charge is -2.35. The van der Waals surface area contributed by atoms with E-state index in [-0.39, 0.29) is 33.3 Å². The number of sulfone groups is 1. The minimum Gasteiger partial charge on any atom is -0.295 e. The van der Waals surface area contributed by atoms with Crippen LogP contribution in [0.15, 0.2) is 53.4 Å². The van der Waals surface area contributed by atoms with Crippen LogP contribution in [0.3, 0.4) is 0 Å². The fraction of sp³-hybridized carbons (Fsp3) is 0.176. The molecule has 1 heterocycles. The van der Waals surface area contributed by atoms with Gasteiger partial charge in [0.25, 0.3) is 5.91 Å². The molecule has 0 bridgehead atoms. The summed E-state index contributed by atoms with van der Waals surface area (Å²) < 4.78 is 24.8. The highest BCUT2D eigenvalue weighted by Crippen LogP contribution is 2.43. The van der Waals surface area contributed by atoms with Crippen molar-refractivity contribution < 1.29 is 18.0 Å². The number of amides is 2. The number of rotatable bonds is 3. The van der Waals surface area contributed by atoms with Gasteiger partial charge in [-0.1, -0.05) is 47.5 Å². The molecular weight excluding hydrogens is 385 g/mol. The highest BCUT2D eigenvalue weighted by molar-refractivity contribution is 7.93. The normalized spacial score (nSPS) is 21.0. The Morgan fingerprint density at radius 3 is 2.24 bits per heavy atom. The van der Waals surface area contributed by atoms with Crippen LogP contribution in [0, 0.1) is 0 Å². The van der Waals surface area contributed by atoms with E-state index in [1.807, 2.05) is 0 Å². The summed E-state index contributed by atoms with van der Waals surface area (Å²) in [5.74, 6) is -1.39. The fourth-order valence-corrected chi connectivity index (χ4v) is 5.25. The third-order valence-corrected chi connectivity index (χ3v) is 7.40. The van der Waals surface area contributed by atoms with Crippen molar-refractivity contribution in [1.29, 1.82) is 0 Å². The molecule has 0 aromatic heterocycles. The molecule has 5 nitrogen and oxygen atoms in total. The van der Waals surface area contributed by atoms with Crippen LogP contribution < -0.4 is 5.32 Å². The predicted molar refractivity (Wildman–Crippen MR) is 94.2 cm³/mol. The Labute approximate surface area is 154 Å². The molecule has 1 atom stereocenters. The molecule has 0 aliphatic carbocycles. The van der Waals surface area contributed by atoms with Crippen LogP contribution in [0.2, 0.25) is 10.0 Å². The maximum atomic E-state index is 13.4. The first-order valence-electron chi connectivity index (χ1n) is 7.38. The summed E-state index contributed by atoms with van der Waals surface area (Å²) in [4.78, 5) is 24.4. The molecule has 1 aliphatic heterocycles. The molecule has 0 saturated carbocycles. The van der Waals surface area contributed by atoms with Gasteiger partial charge in [-0.25, -0.2) is 8.42 Å². The van der Waals surface area contributed by atoms with Crippen LogP contribution >= 0.6 is 23.2 Å². The monoisotopic (exact) mass is 397 g/mol. The van der Waals surface area contributed by atoms with E-state index in [9.17, 15) is 18.0 Å². The van der Waals surface area contributed by atoms with Gasteiger partial charge in [0.05, 0.1) is 14.9 Å². The molecule has 0 radical (unpaired) electrons. The lowest BCUT2D eigenvalue weighted by Crippen LogP contribution is -2.55. The first-order chi connectivity index (χ1) is 11.8. The maximum Gasteiger partial charge on any atom is 0.252 e. The lowest BCUT2D eigenvalue weighted by atomic mass is 9.89. The third kappa shape index (κ3) is 2.84. The Bertz CT molecular complexity index is 960. The van der Waals surface area contributed by atoms with Crippen molar-refractivity contribution in [2.24, 2.45) is 0 Å². The number of carbonyl (C=O) groups excluding carboxylic acids is 2. The average Bonchev–Trinajstić information content (AvgIpc) is 2.58. The molecule has 1 unspecified atom stereocenters. The van der Waals surface area contributed by atoms with Gasteiger partial charge >= 0.3 is 0 Å². The Hall–Kier alpha value is -1.89. The number of halogens is 2. The van der Waals surface area contributed by atoms with Gasteiger partial charge in [-0.2, -0.15) is 0 Å². The zero-order valence-electron chi connectivity index (χ0n) is 12.8. The molecule has 1 saturated heterocycles. The highest BCUT2D eigenvalue weighted by Gasteiger charge is 2.55. The van der Waals surface area contributed by atoms with Crippen LogP contribution in [0.5, 0.6) is 0 Å². The molecule has 2 amide bonds. The van der Waals surface area contributed by atoms with Crippen molar-refractivity contribution in [2.45, 2.75) is 22.5 Å². The maximum absolute atomic E-state index is 13.4. The zero-order chi connectivity index (χ0) is 18.2. The first-order valence-corrected chi connectivity index (χ1v) is 9.62. The molecule has 25 heavy (non-hydrogen) atoms. The van der Waals surface area contributed by atoms with Crippen molar-refractivity contribution >= 4 is 44.9 Å². The zero-order valence-corrected chi connectivity index (χ0v) is 15.2. The number of imide groups is 1. The van der Waals surface area contributed by atoms with Gasteiger partial charge in [0.1, 0.15) is 0 Å². The molecule has 8 heteroatoms. The summed E-state index contributed by atoms with van der Waals surface area (Å²) in [7, 11) is -4.14. The van der Waals surface area contributed by atoms with E-state index in [0.29, 0.717) is 0 Å². The molecule has 1 aliphatic rings. The molecule has 0 spiro atoms. The number of hydrogen-bond acceptors (Lipinski definition) is 4. The molecule has 2 aromatic rings. The Balaban J connectivity index is 2.28. The van der Waals surface area contributed by atoms with E-state index < -0.39 is 26.4 Å². The van der Waals surface area contributed by atoms with E-state index in [2.05, 4.69) is 5.32 Å². The van der Waals surface area contributed by atoms with Crippen molar-refractivity contribution in [3.63, 3.8) is 0 Å². The van der Waals surface area contributed by atoms with Gasteiger partial charge in [-0.15, -0.1) is 0 Å². The number of hydrogen-bond donors (Lipinski definition) is 1. The fourth-order valence-electron chi connectivity index (χ4n) is 2.93. The molecule has 130 valence electrons. The van der Waals surface area contributed by atoms with Gasteiger partial charge in [-0.05, 0) is 36.2 Å². The van der Waals surface area contributed by atoms with Crippen molar-refractivity contribution in [3.05, 3.63) is 64.1 Å². The predicted octanol–water partition coefficient (Wildman–Crippen LogP) is 3.10. The Morgan fingerprint density at radius 2 is 1.64 bits per heavy atom. The molecule has 1 fully saturated rings. The highest BCUT2D eigenvalue weighted by atomic mass is 35.5. The van der Waals surface area contributed by atoms with Crippen LogP contribution in [0.25, 0.3) is 0 Å². The second kappa shape index (κ2) is 6.44. The van der Waals surface area contributed by atoms with Crippen molar-refractivity contribution in [3.8, 4) is 0 Å². The molecule has 1 N–H and O–H groups in total. The van der Waals surface area contributed by atoms with E-state index in [1.165, 1.54) is 30.3 Å². The Morgan fingerprint density at radius 1 is 0.960 bits per heavy atom. The molecule has 3 rings (SSSR count). The van der Waals surface area contributed by atoms with E-state index in [0.717, 1.165) is 0 Å². The topological polar surface area (TPSA) is 80.3 Å². The van der Waals surface area contributed by atoms with Crippen molar-refractivity contribution in [2.75, 3.05) is 0 Å². The molecular formula is C17H13Cl2NO4S. The van der Waals surface area contributed by atoms with Crippen LogP contribution in [-0.4, -0.2) is 20.2 Å². The summed E-state index contributed by atoms with van der Waals surface area (Å²) >= 11 is 12.0. The van der Waals surface area contributed by atoms with Crippen LogP contribution in [0.4, 0.5) is 0 Å². The van der Waals surface area contributed by atoms with E-state index in [4.69, 9.17) is 23.2 Å². The number of nitrogens with one attached hydrogen (secondary N) is 1. The largest absolute Gasteiger partial charge is 0.295 e. The number of piperidine rings is 1. The van der Waals surface area contributed by atoms with Crippen LogP contribution in [-0.2, 0) is 24.2 Å². The number of benzene rings is 2. The second-order valence-corrected chi connectivity index (χ2v) is 8.64.